The minimum atomic E-state index is 0.630. The maximum Gasteiger partial charge on any atom is 0.132 e. The Morgan fingerprint density at radius 1 is 1.55 bits per heavy atom. The van der Waals surface area contributed by atoms with Crippen molar-refractivity contribution in [3.63, 3.8) is 0 Å². The number of halogens is 1. The van der Waals surface area contributed by atoms with Crippen LogP contribution >= 0.6 is 11.6 Å². The first kappa shape index (κ1) is 7.07. The van der Waals surface area contributed by atoms with Gasteiger partial charge in [0, 0.05) is 6.20 Å². The molecule has 2 nitrogen and oxygen atoms in total. The number of fused-ring (bicyclic) bond motifs is 1. The van der Waals surface area contributed by atoms with E-state index in [1.165, 1.54) is 5.56 Å². The fourth-order valence-corrected chi connectivity index (χ4v) is 1.53. The van der Waals surface area contributed by atoms with Gasteiger partial charge >= 0.3 is 0 Å². The van der Waals surface area contributed by atoms with Crippen molar-refractivity contribution >= 4 is 11.6 Å². The number of pyridine rings is 1. The molecule has 0 atom stereocenters. The summed E-state index contributed by atoms with van der Waals surface area (Å²) in [7, 11) is 0. The SMILES string of the molecule is Clc1nccc2c1CCOC2. The molecule has 0 aliphatic carbocycles. The van der Waals surface area contributed by atoms with Crippen LogP contribution in [-0.4, -0.2) is 11.6 Å². The van der Waals surface area contributed by atoms with E-state index in [-0.39, 0.29) is 0 Å². The number of nitrogens with zero attached hydrogens (tertiary/aromatic N) is 1. The monoisotopic (exact) mass is 169 g/mol. The molecule has 0 N–H and O–H groups in total. The Kier molecular flexibility index (Phi) is 1.80. The maximum atomic E-state index is 5.88. The quantitative estimate of drug-likeness (QED) is 0.553. The largest absolute Gasteiger partial charge is 0.376 e. The number of hydrogen-bond donors (Lipinski definition) is 0. The highest BCUT2D eigenvalue weighted by Gasteiger charge is 2.12. The van der Waals surface area contributed by atoms with Crippen LogP contribution in [0, 0.1) is 0 Å². The predicted octanol–water partition coefficient (Wildman–Crippen LogP) is 1.81. The number of hydrogen-bond acceptors (Lipinski definition) is 2. The van der Waals surface area contributed by atoms with Gasteiger partial charge in [-0.2, -0.15) is 0 Å². The van der Waals surface area contributed by atoms with Crippen molar-refractivity contribution in [2.75, 3.05) is 6.61 Å². The van der Waals surface area contributed by atoms with E-state index in [1.54, 1.807) is 6.20 Å². The summed E-state index contributed by atoms with van der Waals surface area (Å²) in [6.45, 7) is 1.44. The zero-order valence-corrected chi connectivity index (χ0v) is 6.77. The number of aromatic nitrogens is 1. The molecule has 0 unspecified atom stereocenters. The molecule has 0 bridgehead atoms. The Morgan fingerprint density at radius 3 is 3.27 bits per heavy atom. The minimum Gasteiger partial charge on any atom is -0.376 e. The molecule has 0 spiro atoms. The second-order valence-corrected chi connectivity index (χ2v) is 2.90. The Bertz CT molecular complexity index is 275. The van der Waals surface area contributed by atoms with Gasteiger partial charge in [0.2, 0.25) is 0 Å². The second-order valence-electron chi connectivity index (χ2n) is 2.54. The molecule has 2 heterocycles. The van der Waals surface area contributed by atoms with Crippen LogP contribution in [0.1, 0.15) is 11.1 Å². The Labute approximate surface area is 70.2 Å². The third-order valence-electron chi connectivity index (χ3n) is 1.85. The average molecular weight is 170 g/mol. The van der Waals surface area contributed by atoms with E-state index < -0.39 is 0 Å². The second kappa shape index (κ2) is 2.80. The first-order chi connectivity index (χ1) is 5.38. The van der Waals surface area contributed by atoms with Gasteiger partial charge in [-0.3, -0.25) is 0 Å². The molecule has 1 aromatic rings. The van der Waals surface area contributed by atoms with Gasteiger partial charge < -0.3 is 4.74 Å². The van der Waals surface area contributed by atoms with Crippen LogP contribution in [-0.2, 0) is 17.8 Å². The lowest BCUT2D eigenvalue weighted by Crippen LogP contribution is -2.10. The molecule has 0 radical (unpaired) electrons. The molecule has 1 aliphatic rings. The van der Waals surface area contributed by atoms with E-state index in [9.17, 15) is 0 Å². The lowest BCUT2D eigenvalue weighted by molar-refractivity contribution is 0.110. The Morgan fingerprint density at radius 2 is 2.45 bits per heavy atom. The summed E-state index contributed by atoms with van der Waals surface area (Å²) in [5.74, 6) is 0. The summed E-state index contributed by atoms with van der Waals surface area (Å²) < 4.78 is 5.26. The van der Waals surface area contributed by atoms with Gasteiger partial charge in [-0.1, -0.05) is 11.6 Å². The maximum absolute atomic E-state index is 5.88. The van der Waals surface area contributed by atoms with Crippen LogP contribution in [0.5, 0.6) is 0 Å². The minimum absolute atomic E-state index is 0.630. The number of rotatable bonds is 0. The van der Waals surface area contributed by atoms with E-state index in [0.29, 0.717) is 11.8 Å². The van der Waals surface area contributed by atoms with Crippen molar-refractivity contribution in [2.45, 2.75) is 13.0 Å². The lowest BCUT2D eigenvalue weighted by atomic mass is 10.1. The normalized spacial score (nSPS) is 16.1. The van der Waals surface area contributed by atoms with E-state index in [2.05, 4.69) is 4.98 Å². The molecule has 0 amide bonds. The Hall–Kier alpha value is -0.600. The molecule has 0 fully saturated rings. The summed E-state index contributed by atoms with van der Waals surface area (Å²) >= 11 is 5.88. The van der Waals surface area contributed by atoms with Crippen molar-refractivity contribution in [3.8, 4) is 0 Å². The molecule has 0 saturated heterocycles. The molecule has 0 saturated carbocycles. The van der Waals surface area contributed by atoms with Gasteiger partial charge in [0.05, 0.1) is 13.2 Å². The van der Waals surface area contributed by atoms with Gasteiger partial charge in [-0.15, -0.1) is 0 Å². The first-order valence-corrected chi connectivity index (χ1v) is 3.96. The topological polar surface area (TPSA) is 22.1 Å². The fourth-order valence-electron chi connectivity index (χ4n) is 1.26. The van der Waals surface area contributed by atoms with Gasteiger partial charge in [0.15, 0.2) is 0 Å². The molecule has 1 aromatic heterocycles. The predicted molar refractivity (Wildman–Crippen MR) is 42.6 cm³/mol. The highest BCUT2D eigenvalue weighted by atomic mass is 35.5. The van der Waals surface area contributed by atoms with Gasteiger partial charge in [-0.25, -0.2) is 4.98 Å². The standard InChI is InChI=1S/C8H8ClNO/c9-8-7-2-4-11-5-6(7)1-3-10-8/h1,3H,2,4-5H2. The third kappa shape index (κ3) is 1.24. The molecule has 58 valence electrons. The van der Waals surface area contributed by atoms with Crippen molar-refractivity contribution in [1.29, 1.82) is 0 Å². The van der Waals surface area contributed by atoms with Crippen LogP contribution in [0.4, 0.5) is 0 Å². The highest BCUT2D eigenvalue weighted by Crippen LogP contribution is 2.21. The fraction of sp³-hybridized carbons (Fsp3) is 0.375. The van der Waals surface area contributed by atoms with E-state index in [4.69, 9.17) is 16.3 Å². The molecule has 3 heteroatoms. The van der Waals surface area contributed by atoms with Crippen LogP contribution in [0.3, 0.4) is 0 Å². The zero-order valence-electron chi connectivity index (χ0n) is 6.01. The number of ether oxygens (including phenoxy) is 1. The summed E-state index contributed by atoms with van der Waals surface area (Å²) in [6, 6.07) is 1.96. The van der Waals surface area contributed by atoms with E-state index in [1.807, 2.05) is 6.07 Å². The summed E-state index contributed by atoms with van der Waals surface area (Å²) in [5.41, 5.74) is 2.33. The molecule has 0 aromatic carbocycles. The summed E-state index contributed by atoms with van der Waals surface area (Å²) in [6.07, 6.45) is 2.61. The van der Waals surface area contributed by atoms with Crippen molar-refractivity contribution < 1.29 is 4.74 Å². The summed E-state index contributed by atoms with van der Waals surface area (Å²) in [4.78, 5) is 4.00. The van der Waals surface area contributed by atoms with Crippen molar-refractivity contribution in [1.82, 2.24) is 4.98 Å². The van der Waals surface area contributed by atoms with Gasteiger partial charge in [0.1, 0.15) is 5.15 Å². The average Bonchev–Trinajstić information content (AvgIpc) is 2.06. The zero-order chi connectivity index (χ0) is 7.68. The molecular weight excluding hydrogens is 162 g/mol. The van der Waals surface area contributed by atoms with E-state index in [0.717, 1.165) is 18.6 Å². The highest BCUT2D eigenvalue weighted by molar-refractivity contribution is 6.30. The first-order valence-electron chi connectivity index (χ1n) is 3.58. The summed E-state index contributed by atoms with van der Waals surface area (Å²) in [5, 5.41) is 0.630. The van der Waals surface area contributed by atoms with Gasteiger partial charge in [-0.05, 0) is 23.6 Å². The van der Waals surface area contributed by atoms with Crippen LogP contribution < -0.4 is 0 Å². The molecule has 11 heavy (non-hydrogen) atoms. The van der Waals surface area contributed by atoms with Gasteiger partial charge in [0.25, 0.3) is 0 Å². The van der Waals surface area contributed by atoms with Crippen LogP contribution in [0.15, 0.2) is 12.3 Å². The van der Waals surface area contributed by atoms with Crippen molar-refractivity contribution in [2.24, 2.45) is 0 Å². The molecular formula is C8H8ClNO. The lowest BCUT2D eigenvalue weighted by Gasteiger charge is -2.16. The van der Waals surface area contributed by atoms with Crippen molar-refractivity contribution in [3.05, 3.63) is 28.5 Å². The van der Waals surface area contributed by atoms with Crippen LogP contribution in [0.25, 0.3) is 0 Å². The smallest absolute Gasteiger partial charge is 0.132 e. The molecule has 2 rings (SSSR count). The molecule has 1 aliphatic heterocycles. The van der Waals surface area contributed by atoms with E-state index >= 15 is 0 Å². The van der Waals surface area contributed by atoms with Crippen LogP contribution in [0.2, 0.25) is 5.15 Å². The Balaban J connectivity index is 2.49. The third-order valence-corrected chi connectivity index (χ3v) is 2.18.